The molecule has 1 amide bonds. The number of phenols is 1. The number of hydrogen-bond acceptors (Lipinski definition) is 4. The van der Waals surface area contributed by atoms with Crippen LogP contribution in [0.2, 0.25) is 5.02 Å². The smallest absolute Gasteiger partial charge is 0.233 e. The van der Waals surface area contributed by atoms with Gasteiger partial charge in [-0.25, -0.2) is 0 Å². The summed E-state index contributed by atoms with van der Waals surface area (Å²) in [6, 6.07) is 12.9. The van der Waals surface area contributed by atoms with Crippen molar-refractivity contribution in [3.63, 3.8) is 0 Å². The Bertz CT molecular complexity index is 753. The monoisotopic (exact) mass is 363 g/mol. The third-order valence-corrected chi connectivity index (χ3v) is 5.48. The molecule has 0 radical (unpaired) electrons. The van der Waals surface area contributed by atoms with E-state index in [9.17, 15) is 9.90 Å². The number of benzene rings is 2. The van der Waals surface area contributed by atoms with Gasteiger partial charge in [0.05, 0.1) is 12.9 Å². The fourth-order valence-electron chi connectivity index (χ4n) is 2.76. The Morgan fingerprint density at radius 1 is 1.33 bits per heavy atom. The number of halogens is 1. The maximum atomic E-state index is 12.3. The molecule has 1 atom stereocenters. The summed E-state index contributed by atoms with van der Waals surface area (Å²) in [4.78, 5) is 14.1. The highest BCUT2D eigenvalue weighted by Gasteiger charge is 2.32. The van der Waals surface area contributed by atoms with Crippen LogP contribution in [0.3, 0.4) is 0 Å². The summed E-state index contributed by atoms with van der Waals surface area (Å²) in [5, 5.41) is 10.4. The number of methoxy groups -OCH3 is 1. The maximum absolute atomic E-state index is 12.3. The lowest BCUT2D eigenvalue weighted by molar-refractivity contribution is -0.128. The predicted octanol–water partition coefficient (Wildman–Crippen LogP) is 3.87. The Kier molecular flexibility index (Phi) is 5.21. The molecule has 0 bridgehead atoms. The number of rotatable bonds is 5. The van der Waals surface area contributed by atoms with Crippen LogP contribution in [0.15, 0.2) is 42.5 Å². The number of ether oxygens (including phenoxy) is 1. The van der Waals surface area contributed by atoms with E-state index >= 15 is 0 Å². The molecule has 0 saturated carbocycles. The fraction of sp³-hybridized carbons (Fsp3) is 0.278. The third-order valence-electron chi connectivity index (χ3n) is 3.99. The second kappa shape index (κ2) is 7.36. The van der Waals surface area contributed by atoms with E-state index in [1.807, 2.05) is 35.2 Å². The molecular formula is C18H18ClNO3S. The van der Waals surface area contributed by atoms with Crippen LogP contribution in [0, 0.1) is 0 Å². The maximum Gasteiger partial charge on any atom is 0.233 e. The van der Waals surface area contributed by atoms with Gasteiger partial charge in [-0.05, 0) is 41.8 Å². The van der Waals surface area contributed by atoms with Crippen LogP contribution in [-0.4, -0.2) is 35.3 Å². The summed E-state index contributed by atoms with van der Waals surface area (Å²) >= 11 is 7.61. The minimum absolute atomic E-state index is 0.0637. The van der Waals surface area contributed by atoms with Crippen LogP contribution in [0.25, 0.3) is 0 Å². The lowest BCUT2D eigenvalue weighted by Crippen LogP contribution is -2.30. The van der Waals surface area contributed by atoms with Crippen molar-refractivity contribution in [3.05, 3.63) is 58.6 Å². The highest BCUT2D eigenvalue weighted by Crippen LogP contribution is 2.41. The number of hydrogen-bond donors (Lipinski definition) is 1. The average molecular weight is 364 g/mol. The van der Waals surface area contributed by atoms with Crippen LogP contribution in [-0.2, 0) is 11.2 Å². The molecule has 3 rings (SSSR count). The highest BCUT2D eigenvalue weighted by molar-refractivity contribution is 8.00. The molecule has 4 nitrogen and oxygen atoms in total. The minimum atomic E-state index is -0.0637. The van der Waals surface area contributed by atoms with E-state index < -0.39 is 0 Å². The van der Waals surface area contributed by atoms with Gasteiger partial charge in [0.25, 0.3) is 0 Å². The van der Waals surface area contributed by atoms with E-state index in [1.54, 1.807) is 23.9 Å². The van der Waals surface area contributed by atoms with Gasteiger partial charge < -0.3 is 14.7 Å². The Hall–Kier alpha value is -1.85. The van der Waals surface area contributed by atoms with Gasteiger partial charge in [-0.1, -0.05) is 29.8 Å². The number of nitrogens with zero attached hydrogens (tertiary/aromatic N) is 1. The molecule has 1 aliphatic rings. The van der Waals surface area contributed by atoms with Gasteiger partial charge in [0.15, 0.2) is 11.5 Å². The van der Waals surface area contributed by atoms with E-state index in [0.29, 0.717) is 23.1 Å². The van der Waals surface area contributed by atoms with Crippen molar-refractivity contribution < 1.29 is 14.6 Å². The molecular weight excluding hydrogens is 346 g/mol. The largest absolute Gasteiger partial charge is 0.504 e. The number of aromatic hydroxyl groups is 1. The summed E-state index contributed by atoms with van der Waals surface area (Å²) in [7, 11) is 1.52. The van der Waals surface area contributed by atoms with Gasteiger partial charge in [-0.2, -0.15) is 0 Å². The lowest BCUT2D eigenvalue weighted by atomic mass is 10.1. The first-order valence-electron chi connectivity index (χ1n) is 7.61. The molecule has 24 heavy (non-hydrogen) atoms. The van der Waals surface area contributed by atoms with Gasteiger partial charge in [0.2, 0.25) is 5.91 Å². The minimum Gasteiger partial charge on any atom is -0.504 e. The van der Waals surface area contributed by atoms with Crippen molar-refractivity contribution in [2.75, 3.05) is 19.4 Å². The molecule has 6 heteroatoms. The molecule has 126 valence electrons. The molecule has 1 saturated heterocycles. The number of thioether (sulfide) groups is 1. The second-order valence-corrected chi connectivity index (χ2v) is 7.07. The average Bonchev–Trinajstić information content (AvgIpc) is 2.94. The first-order chi connectivity index (χ1) is 11.6. The molecule has 0 aromatic heterocycles. The van der Waals surface area contributed by atoms with E-state index in [-0.39, 0.29) is 17.0 Å². The molecule has 1 heterocycles. The Morgan fingerprint density at radius 3 is 2.92 bits per heavy atom. The zero-order valence-electron chi connectivity index (χ0n) is 13.2. The Labute approximate surface area is 150 Å². The lowest BCUT2D eigenvalue weighted by Gasteiger charge is -2.24. The first kappa shape index (κ1) is 17.0. The van der Waals surface area contributed by atoms with Crippen LogP contribution < -0.4 is 4.74 Å². The first-order valence-corrected chi connectivity index (χ1v) is 9.03. The standard InChI is InChI=1S/C18H18ClNO3S/c1-23-16-10-13(5-6-15(16)21)18-20(17(22)11-24-18)8-7-12-3-2-4-14(19)9-12/h2-6,9-10,18,21H,7-8,11H2,1H3. The van der Waals surface area contributed by atoms with Crippen molar-refractivity contribution in [2.45, 2.75) is 11.8 Å². The van der Waals surface area contributed by atoms with Crippen LogP contribution in [0.1, 0.15) is 16.5 Å². The summed E-state index contributed by atoms with van der Waals surface area (Å²) in [5.74, 6) is 1.10. The van der Waals surface area contributed by atoms with Crippen LogP contribution >= 0.6 is 23.4 Å². The summed E-state index contributed by atoms with van der Waals surface area (Å²) in [5.41, 5.74) is 2.06. The van der Waals surface area contributed by atoms with Gasteiger partial charge in [-0.15, -0.1) is 11.8 Å². The number of carbonyl (C=O) groups excluding carboxylic acids is 1. The quantitative estimate of drug-likeness (QED) is 0.876. The topological polar surface area (TPSA) is 49.8 Å². The van der Waals surface area contributed by atoms with Crippen LogP contribution in [0.5, 0.6) is 11.5 Å². The van der Waals surface area contributed by atoms with Gasteiger partial charge in [0, 0.05) is 11.6 Å². The summed E-state index contributed by atoms with van der Waals surface area (Å²) in [6.07, 6.45) is 0.749. The molecule has 0 spiro atoms. The Morgan fingerprint density at radius 2 is 2.17 bits per heavy atom. The molecule has 1 aliphatic heterocycles. The van der Waals surface area contributed by atoms with Gasteiger partial charge >= 0.3 is 0 Å². The zero-order valence-corrected chi connectivity index (χ0v) is 14.8. The molecule has 1 unspecified atom stereocenters. The molecule has 2 aromatic rings. The number of carbonyl (C=O) groups is 1. The highest BCUT2D eigenvalue weighted by atomic mass is 35.5. The predicted molar refractivity (Wildman–Crippen MR) is 96.7 cm³/mol. The Balaban J connectivity index is 1.77. The van der Waals surface area contributed by atoms with E-state index in [0.717, 1.165) is 17.5 Å². The summed E-state index contributed by atoms with van der Waals surface area (Å²) < 4.78 is 5.17. The van der Waals surface area contributed by atoms with Crippen molar-refractivity contribution in [1.82, 2.24) is 4.90 Å². The van der Waals surface area contributed by atoms with E-state index in [1.165, 1.54) is 7.11 Å². The van der Waals surface area contributed by atoms with E-state index in [4.69, 9.17) is 16.3 Å². The van der Waals surface area contributed by atoms with Crippen molar-refractivity contribution in [1.29, 1.82) is 0 Å². The van der Waals surface area contributed by atoms with Crippen molar-refractivity contribution in [3.8, 4) is 11.5 Å². The second-order valence-electron chi connectivity index (χ2n) is 5.56. The molecule has 1 fully saturated rings. The fourth-order valence-corrected chi connectivity index (χ4v) is 4.18. The summed E-state index contributed by atoms with van der Waals surface area (Å²) in [6.45, 7) is 0.625. The van der Waals surface area contributed by atoms with Crippen molar-refractivity contribution >= 4 is 29.3 Å². The molecule has 1 N–H and O–H groups in total. The van der Waals surface area contributed by atoms with E-state index in [2.05, 4.69) is 0 Å². The molecule has 2 aromatic carbocycles. The van der Waals surface area contributed by atoms with Gasteiger partial charge in [-0.3, -0.25) is 4.79 Å². The molecule has 0 aliphatic carbocycles. The normalized spacial score (nSPS) is 17.3. The van der Waals surface area contributed by atoms with Crippen molar-refractivity contribution in [2.24, 2.45) is 0 Å². The number of phenolic OH excluding ortho intramolecular Hbond substituents is 1. The van der Waals surface area contributed by atoms with Gasteiger partial charge in [0.1, 0.15) is 5.37 Å². The zero-order chi connectivity index (χ0) is 17.1. The number of amides is 1. The van der Waals surface area contributed by atoms with Crippen LogP contribution in [0.4, 0.5) is 0 Å². The third kappa shape index (κ3) is 3.62. The SMILES string of the molecule is COc1cc(C2SCC(=O)N2CCc2cccc(Cl)c2)ccc1O.